The van der Waals surface area contributed by atoms with Crippen molar-refractivity contribution in [3.05, 3.63) is 12.2 Å². The smallest absolute Gasteiger partial charge is 0.00388 e. The lowest BCUT2D eigenvalue weighted by molar-refractivity contribution is 0.455. The third kappa shape index (κ3) is 6.88. The van der Waals surface area contributed by atoms with Gasteiger partial charge in [-0.05, 0) is 57.9 Å². The maximum atomic E-state index is 4.28. The molecule has 2 atom stereocenters. The van der Waals surface area contributed by atoms with Gasteiger partial charge >= 0.3 is 0 Å². The van der Waals surface area contributed by atoms with Gasteiger partial charge in [-0.2, -0.15) is 0 Å². The van der Waals surface area contributed by atoms with E-state index in [0.29, 0.717) is 0 Å². The summed E-state index contributed by atoms with van der Waals surface area (Å²) in [5.41, 5.74) is 1.50. The molecule has 1 N–H and O–H groups in total. The Bertz CT molecular complexity index is 210. The molecule has 1 fully saturated rings. The van der Waals surface area contributed by atoms with Crippen molar-refractivity contribution in [3.63, 3.8) is 0 Å². The van der Waals surface area contributed by atoms with Crippen LogP contribution in [0.2, 0.25) is 0 Å². The molecule has 100 valence electrons. The minimum atomic E-state index is 0.720. The summed E-state index contributed by atoms with van der Waals surface area (Å²) in [4.78, 5) is 0. The van der Waals surface area contributed by atoms with Crippen LogP contribution >= 0.6 is 0 Å². The summed E-state index contributed by atoms with van der Waals surface area (Å²) in [6, 6.07) is 0.720. The predicted molar refractivity (Wildman–Crippen MR) is 77.3 cm³/mol. The molecule has 0 amide bonds. The average molecular weight is 237 g/mol. The van der Waals surface area contributed by atoms with Gasteiger partial charge in [-0.1, -0.05) is 38.3 Å². The number of hydrogen-bond acceptors (Lipinski definition) is 1. The Balaban J connectivity index is 2.12. The number of unbranched alkanes of at least 4 members (excludes halogenated alkanes) is 3. The van der Waals surface area contributed by atoms with Gasteiger partial charge in [0.2, 0.25) is 0 Å². The van der Waals surface area contributed by atoms with Crippen LogP contribution in [0.1, 0.15) is 71.6 Å². The Morgan fingerprint density at radius 1 is 1.18 bits per heavy atom. The second-order valence-electron chi connectivity index (χ2n) is 5.85. The normalized spacial score (nSPS) is 25.5. The van der Waals surface area contributed by atoms with Crippen LogP contribution in [0.25, 0.3) is 0 Å². The maximum absolute atomic E-state index is 4.28. The Labute approximate surface area is 108 Å². The van der Waals surface area contributed by atoms with Crippen LogP contribution in [-0.2, 0) is 0 Å². The minimum Gasteiger partial charge on any atom is -0.314 e. The zero-order valence-corrected chi connectivity index (χ0v) is 11.9. The summed E-state index contributed by atoms with van der Waals surface area (Å²) in [5, 5.41) is 3.58. The van der Waals surface area contributed by atoms with E-state index >= 15 is 0 Å². The molecule has 0 aromatic carbocycles. The van der Waals surface area contributed by atoms with Crippen LogP contribution < -0.4 is 5.32 Å². The Morgan fingerprint density at radius 3 is 2.76 bits per heavy atom. The third-order valence-corrected chi connectivity index (χ3v) is 4.01. The lowest BCUT2D eigenvalue weighted by Gasteiger charge is -2.15. The van der Waals surface area contributed by atoms with Gasteiger partial charge in [0.1, 0.15) is 0 Å². The van der Waals surface area contributed by atoms with E-state index in [-0.39, 0.29) is 0 Å². The topological polar surface area (TPSA) is 12.0 Å². The van der Waals surface area contributed by atoms with E-state index < -0.39 is 0 Å². The van der Waals surface area contributed by atoms with Crippen molar-refractivity contribution in [1.29, 1.82) is 0 Å². The second kappa shape index (κ2) is 8.74. The van der Waals surface area contributed by atoms with Gasteiger partial charge < -0.3 is 5.32 Å². The zero-order chi connectivity index (χ0) is 12.5. The first-order valence-electron chi connectivity index (χ1n) is 7.62. The van der Waals surface area contributed by atoms with Gasteiger partial charge in [-0.3, -0.25) is 0 Å². The Kier molecular flexibility index (Phi) is 7.59. The highest BCUT2D eigenvalue weighted by Gasteiger charge is 2.16. The number of allylic oxidation sites excluding steroid dienone is 1. The molecule has 0 aromatic rings. The molecule has 17 heavy (non-hydrogen) atoms. The van der Waals surface area contributed by atoms with Crippen LogP contribution in [-0.4, -0.2) is 12.6 Å². The summed E-state index contributed by atoms with van der Waals surface area (Å²) >= 11 is 0. The van der Waals surface area contributed by atoms with Crippen molar-refractivity contribution in [2.24, 2.45) is 5.92 Å². The van der Waals surface area contributed by atoms with E-state index in [4.69, 9.17) is 0 Å². The van der Waals surface area contributed by atoms with Crippen molar-refractivity contribution < 1.29 is 0 Å². The number of nitrogens with one attached hydrogen (secondary N) is 1. The van der Waals surface area contributed by atoms with Gasteiger partial charge in [0, 0.05) is 6.04 Å². The summed E-state index contributed by atoms with van der Waals surface area (Å²) in [6.07, 6.45) is 12.1. The van der Waals surface area contributed by atoms with Crippen molar-refractivity contribution in [2.45, 2.75) is 77.7 Å². The second-order valence-corrected chi connectivity index (χ2v) is 5.85. The van der Waals surface area contributed by atoms with Crippen LogP contribution in [0.15, 0.2) is 12.2 Å². The van der Waals surface area contributed by atoms with Crippen LogP contribution in [0.4, 0.5) is 0 Å². The molecule has 1 aliphatic heterocycles. The van der Waals surface area contributed by atoms with Crippen molar-refractivity contribution in [2.75, 3.05) is 6.54 Å². The minimum absolute atomic E-state index is 0.720. The van der Waals surface area contributed by atoms with Crippen molar-refractivity contribution in [1.82, 2.24) is 5.32 Å². The molecule has 0 aliphatic carbocycles. The highest BCUT2D eigenvalue weighted by molar-refractivity contribution is 4.96. The molecule has 1 nitrogen and oxygen atoms in total. The standard InChI is InChI=1S/C16H31N/c1-4-5-6-7-8-14(2)13-16-10-9-15(3)17-12-11-16/h15-17H,2,4-13H2,1,3H3/t15?,16-/m1/s1. The third-order valence-electron chi connectivity index (χ3n) is 4.01. The lowest BCUT2D eigenvalue weighted by Crippen LogP contribution is -2.24. The fraction of sp³-hybridized carbons (Fsp3) is 0.875. The van der Waals surface area contributed by atoms with Gasteiger partial charge in [0.25, 0.3) is 0 Å². The predicted octanol–water partition coefficient (Wildman–Crippen LogP) is 4.68. The largest absolute Gasteiger partial charge is 0.314 e. The summed E-state index contributed by atoms with van der Waals surface area (Å²) in [6.45, 7) is 10.1. The van der Waals surface area contributed by atoms with Crippen LogP contribution in [0, 0.1) is 5.92 Å². The van der Waals surface area contributed by atoms with E-state index in [2.05, 4.69) is 25.7 Å². The van der Waals surface area contributed by atoms with Gasteiger partial charge in [0.15, 0.2) is 0 Å². The molecule has 1 aliphatic rings. The molecule has 1 heterocycles. The quantitative estimate of drug-likeness (QED) is 0.501. The lowest BCUT2D eigenvalue weighted by atomic mass is 9.90. The van der Waals surface area contributed by atoms with Crippen molar-refractivity contribution in [3.8, 4) is 0 Å². The van der Waals surface area contributed by atoms with E-state index in [1.807, 2.05) is 0 Å². The molecule has 0 aromatic heterocycles. The molecule has 1 heteroatoms. The average Bonchev–Trinajstić information content (AvgIpc) is 2.50. The Hall–Kier alpha value is -0.300. The van der Waals surface area contributed by atoms with Gasteiger partial charge in [-0.15, -0.1) is 0 Å². The summed E-state index contributed by atoms with van der Waals surface area (Å²) < 4.78 is 0. The first kappa shape index (κ1) is 14.8. The summed E-state index contributed by atoms with van der Waals surface area (Å²) in [7, 11) is 0. The van der Waals surface area contributed by atoms with Gasteiger partial charge in [0.05, 0.1) is 0 Å². The fourth-order valence-corrected chi connectivity index (χ4v) is 2.78. The van der Waals surface area contributed by atoms with Gasteiger partial charge in [-0.25, -0.2) is 0 Å². The van der Waals surface area contributed by atoms with Crippen LogP contribution in [0.3, 0.4) is 0 Å². The van der Waals surface area contributed by atoms with E-state index in [9.17, 15) is 0 Å². The Morgan fingerprint density at radius 2 is 2.00 bits per heavy atom. The first-order chi connectivity index (χ1) is 8.22. The summed E-state index contributed by atoms with van der Waals surface area (Å²) in [5.74, 6) is 0.895. The van der Waals surface area contributed by atoms with E-state index in [1.54, 1.807) is 0 Å². The van der Waals surface area contributed by atoms with Crippen molar-refractivity contribution >= 4 is 0 Å². The zero-order valence-electron chi connectivity index (χ0n) is 11.9. The SMILES string of the molecule is C=C(CCCCCC)C[C@H]1CCNC(C)CC1. The first-order valence-corrected chi connectivity index (χ1v) is 7.62. The molecule has 1 rings (SSSR count). The molecule has 0 spiro atoms. The number of hydrogen-bond donors (Lipinski definition) is 1. The highest BCUT2D eigenvalue weighted by atomic mass is 14.9. The highest BCUT2D eigenvalue weighted by Crippen LogP contribution is 2.25. The monoisotopic (exact) mass is 237 g/mol. The molecule has 1 saturated heterocycles. The molecule has 0 radical (unpaired) electrons. The molecule has 0 saturated carbocycles. The number of rotatable bonds is 7. The van der Waals surface area contributed by atoms with Crippen LogP contribution in [0.5, 0.6) is 0 Å². The molecular weight excluding hydrogens is 206 g/mol. The molecular formula is C16H31N. The molecule has 1 unspecified atom stereocenters. The van der Waals surface area contributed by atoms with E-state index in [1.165, 1.54) is 69.9 Å². The van der Waals surface area contributed by atoms with E-state index in [0.717, 1.165) is 12.0 Å². The maximum Gasteiger partial charge on any atom is 0.00388 e. The fourth-order valence-electron chi connectivity index (χ4n) is 2.78. The molecule has 0 bridgehead atoms.